The number of nitrogens with one attached hydrogen (secondary N) is 1. The van der Waals surface area contributed by atoms with Gasteiger partial charge in [-0.2, -0.15) is 0 Å². The van der Waals surface area contributed by atoms with Gasteiger partial charge in [0.15, 0.2) is 0 Å². The molecular formula is C15H20N2O. The lowest BCUT2D eigenvalue weighted by Gasteiger charge is -2.46. The van der Waals surface area contributed by atoms with Crippen molar-refractivity contribution < 1.29 is 4.79 Å². The lowest BCUT2D eigenvalue weighted by Crippen LogP contribution is -2.59. The SMILES string of the molecule is C[C@]12CCNC1CCC(=O)N2Cc1ccccc1. The van der Waals surface area contributed by atoms with Gasteiger partial charge in [0.05, 0.1) is 5.54 Å². The zero-order valence-corrected chi connectivity index (χ0v) is 10.9. The molecule has 2 aliphatic rings. The van der Waals surface area contributed by atoms with E-state index in [1.807, 2.05) is 18.2 Å². The molecule has 0 bridgehead atoms. The van der Waals surface area contributed by atoms with Crippen LogP contribution < -0.4 is 5.32 Å². The predicted molar refractivity (Wildman–Crippen MR) is 71.0 cm³/mol. The van der Waals surface area contributed by atoms with Crippen molar-refractivity contribution >= 4 is 5.91 Å². The second-order valence-corrected chi connectivity index (χ2v) is 5.62. The summed E-state index contributed by atoms with van der Waals surface area (Å²) >= 11 is 0. The van der Waals surface area contributed by atoms with Crippen LogP contribution in [0.4, 0.5) is 0 Å². The van der Waals surface area contributed by atoms with E-state index in [2.05, 4.69) is 29.3 Å². The van der Waals surface area contributed by atoms with E-state index in [0.29, 0.717) is 18.4 Å². The van der Waals surface area contributed by atoms with Gasteiger partial charge in [-0.25, -0.2) is 0 Å². The van der Waals surface area contributed by atoms with Crippen LogP contribution in [-0.4, -0.2) is 28.9 Å². The Morgan fingerprint density at radius 3 is 2.94 bits per heavy atom. The highest BCUT2D eigenvalue weighted by molar-refractivity contribution is 5.78. The Balaban J connectivity index is 1.86. The lowest BCUT2D eigenvalue weighted by molar-refractivity contribution is -0.142. The fourth-order valence-corrected chi connectivity index (χ4v) is 3.35. The average Bonchev–Trinajstić information content (AvgIpc) is 2.77. The topological polar surface area (TPSA) is 32.3 Å². The Morgan fingerprint density at radius 1 is 1.39 bits per heavy atom. The molecular weight excluding hydrogens is 224 g/mol. The number of fused-ring (bicyclic) bond motifs is 1. The van der Waals surface area contributed by atoms with Crippen molar-refractivity contribution in [2.24, 2.45) is 0 Å². The molecule has 1 aromatic carbocycles. The highest BCUT2D eigenvalue weighted by Gasteiger charge is 2.48. The number of carbonyl (C=O) groups is 1. The van der Waals surface area contributed by atoms with E-state index in [9.17, 15) is 4.79 Å². The molecule has 0 spiro atoms. The number of nitrogens with zero attached hydrogens (tertiary/aromatic N) is 1. The fourth-order valence-electron chi connectivity index (χ4n) is 3.35. The fraction of sp³-hybridized carbons (Fsp3) is 0.533. The van der Waals surface area contributed by atoms with Crippen molar-refractivity contribution in [3.63, 3.8) is 0 Å². The normalized spacial score (nSPS) is 31.5. The molecule has 2 saturated heterocycles. The first-order valence-electron chi connectivity index (χ1n) is 6.78. The molecule has 1 aromatic rings. The van der Waals surface area contributed by atoms with Gasteiger partial charge in [-0.05, 0) is 31.9 Å². The van der Waals surface area contributed by atoms with Crippen LogP contribution in [0.3, 0.4) is 0 Å². The van der Waals surface area contributed by atoms with Gasteiger partial charge < -0.3 is 10.2 Å². The summed E-state index contributed by atoms with van der Waals surface area (Å²) in [4.78, 5) is 14.3. The summed E-state index contributed by atoms with van der Waals surface area (Å²) in [6.07, 6.45) is 2.73. The third-order valence-corrected chi connectivity index (χ3v) is 4.52. The van der Waals surface area contributed by atoms with E-state index in [1.165, 1.54) is 5.56 Å². The quantitative estimate of drug-likeness (QED) is 0.862. The van der Waals surface area contributed by atoms with Crippen LogP contribution in [0.2, 0.25) is 0 Å². The number of carbonyl (C=O) groups excluding carboxylic acids is 1. The molecule has 0 aromatic heterocycles. The molecule has 1 unspecified atom stereocenters. The molecule has 0 saturated carbocycles. The molecule has 0 aliphatic carbocycles. The molecule has 1 N–H and O–H groups in total. The third-order valence-electron chi connectivity index (χ3n) is 4.52. The zero-order valence-electron chi connectivity index (χ0n) is 10.9. The van der Waals surface area contributed by atoms with E-state index < -0.39 is 0 Å². The first-order valence-corrected chi connectivity index (χ1v) is 6.78. The van der Waals surface area contributed by atoms with Gasteiger partial charge in [0.1, 0.15) is 0 Å². The van der Waals surface area contributed by atoms with Gasteiger partial charge in [-0.1, -0.05) is 30.3 Å². The molecule has 2 aliphatic heterocycles. The Hall–Kier alpha value is -1.35. The van der Waals surface area contributed by atoms with Gasteiger partial charge in [-0.3, -0.25) is 4.79 Å². The molecule has 3 rings (SSSR count). The summed E-state index contributed by atoms with van der Waals surface area (Å²) < 4.78 is 0. The Labute approximate surface area is 108 Å². The number of hydrogen-bond donors (Lipinski definition) is 1. The second kappa shape index (κ2) is 4.39. The lowest BCUT2D eigenvalue weighted by atomic mass is 9.83. The van der Waals surface area contributed by atoms with Gasteiger partial charge in [0.2, 0.25) is 5.91 Å². The molecule has 18 heavy (non-hydrogen) atoms. The first-order chi connectivity index (χ1) is 8.70. The van der Waals surface area contributed by atoms with E-state index in [-0.39, 0.29) is 5.54 Å². The van der Waals surface area contributed by atoms with Crippen molar-refractivity contribution in [3.05, 3.63) is 35.9 Å². The Kier molecular flexibility index (Phi) is 2.86. The van der Waals surface area contributed by atoms with E-state index >= 15 is 0 Å². The summed E-state index contributed by atoms with van der Waals surface area (Å²) in [5.41, 5.74) is 1.23. The van der Waals surface area contributed by atoms with Crippen molar-refractivity contribution in [1.82, 2.24) is 10.2 Å². The largest absolute Gasteiger partial charge is 0.331 e. The van der Waals surface area contributed by atoms with Gasteiger partial charge in [-0.15, -0.1) is 0 Å². The summed E-state index contributed by atoms with van der Waals surface area (Å²) in [7, 11) is 0. The minimum Gasteiger partial charge on any atom is -0.331 e. The van der Waals surface area contributed by atoms with Gasteiger partial charge in [0.25, 0.3) is 0 Å². The monoisotopic (exact) mass is 244 g/mol. The maximum Gasteiger partial charge on any atom is 0.223 e. The van der Waals surface area contributed by atoms with E-state index in [0.717, 1.165) is 25.9 Å². The predicted octanol–water partition coefficient (Wildman–Crippen LogP) is 1.93. The maximum absolute atomic E-state index is 12.2. The highest BCUT2D eigenvalue weighted by atomic mass is 16.2. The minimum absolute atomic E-state index is 0.00513. The molecule has 2 fully saturated rings. The van der Waals surface area contributed by atoms with Crippen LogP contribution >= 0.6 is 0 Å². The first kappa shape index (κ1) is 11.7. The Morgan fingerprint density at radius 2 is 2.17 bits per heavy atom. The number of piperidine rings is 1. The standard InChI is InChI=1S/C15H20N2O/c1-15-9-10-16-13(15)7-8-14(18)17(15)11-12-5-3-2-4-6-12/h2-6,13,16H,7-11H2,1H3/t13?,15-/m0/s1. The summed E-state index contributed by atoms with van der Waals surface area (Å²) in [6, 6.07) is 10.8. The molecule has 3 heteroatoms. The number of hydrogen-bond acceptors (Lipinski definition) is 2. The molecule has 2 heterocycles. The van der Waals surface area contributed by atoms with E-state index in [4.69, 9.17) is 0 Å². The van der Waals surface area contributed by atoms with Crippen molar-refractivity contribution in [2.45, 2.75) is 44.3 Å². The van der Waals surface area contributed by atoms with Crippen molar-refractivity contribution in [3.8, 4) is 0 Å². The third kappa shape index (κ3) is 1.83. The number of amides is 1. The summed E-state index contributed by atoms with van der Waals surface area (Å²) in [6.45, 7) is 4.01. The summed E-state index contributed by atoms with van der Waals surface area (Å²) in [5, 5.41) is 3.54. The molecule has 3 nitrogen and oxygen atoms in total. The minimum atomic E-state index is 0.00513. The molecule has 1 amide bonds. The van der Waals surface area contributed by atoms with Crippen LogP contribution in [0.25, 0.3) is 0 Å². The van der Waals surface area contributed by atoms with Crippen LogP contribution in [-0.2, 0) is 11.3 Å². The second-order valence-electron chi connectivity index (χ2n) is 5.62. The number of likely N-dealkylation sites (tertiary alicyclic amines) is 1. The van der Waals surface area contributed by atoms with Crippen LogP contribution in [0.15, 0.2) is 30.3 Å². The zero-order chi connectivity index (χ0) is 12.6. The number of rotatable bonds is 2. The van der Waals surface area contributed by atoms with Crippen LogP contribution in [0.5, 0.6) is 0 Å². The van der Waals surface area contributed by atoms with Crippen LogP contribution in [0, 0.1) is 0 Å². The van der Waals surface area contributed by atoms with Gasteiger partial charge in [0, 0.05) is 19.0 Å². The number of benzene rings is 1. The maximum atomic E-state index is 12.2. The molecule has 96 valence electrons. The summed E-state index contributed by atoms with van der Waals surface area (Å²) in [5.74, 6) is 0.307. The van der Waals surface area contributed by atoms with E-state index in [1.54, 1.807) is 0 Å². The molecule has 0 radical (unpaired) electrons. The van der Waals surface area contributed by atoms with Crippen molar-refractivity contribution in [2.75, 3.05) is 6.54 Å². The smallest absolute Gasteiger partial charge is 0.223 e. The highest BCUT2D eigenvalue weighted by Crippen LogP contribution is 2.36. The molecule has 2 atom stereocenters. The van der Waals surface area contributed by atoms with Crippen LogP contribution in [0.1, 0.15) is 31.7 Å². The average molecular weight is 244 g/mol. The van der Waals surface area contributed by atoms with Gasteiger partial charge >= 0.3 is 0 Å². The Bertz CT molecular complexity index is 445. The van der Waals surface area contributed by atoms with Crippen molar-refractivity contribution in [1.29, 1.82) is 0 Å².